The zero-order chi connectivity index (χ0) is 18.8. The van der Waals surface area contributed by atoms with Crippen LogP contribution < -0.4 is 15.5 Å². The van der Waals surface area contributed by atoms with Crippen LogP contribution in [0.1, 0.15) is 32.3 Å². The fourth-order valence-corrected chi connectivity index (χ4v) is 3.44. The minimum atomic E-state index is -0.559. The standard InChI is InChI=1S/C19H26N4O3/c1-12(2)17-18(25)23(19(26)21-17)11-16(24)20-15-7-6-14(10-13(15)3)22-8-4-5-9-22/h6-7,10,12,17H,4-5,8-9,11H2,1-3H3,(H,20,24)(H,21,26). The maximum Gasteiger partial charge on any atom is 0.325 e. The van der Waals surface area contributed by atoms with Crippen molar-refractivity contribution >= 4 is 29.2 Å². The lowest BCUT2D eigenvalue weighted by atomic mass is 10.1. The maximum absolute atomic E-state index is 12.3. The fourth-order valence-electron chi connectivity index (χ4n) is 3.44. The molecule has 0 saturated carbocycles. The minimum Gasteiger partial charge on any atom is -0.372 e. The number of carbonyl (C=O) groups is 3. The summed E-state index contributed by atoms with van der Waals surface area (Å²) in [7, 11) is 0. The van der Waals surface area contributed by atoms with E-state index in [0.29, 0.717) is 5.69 Å². The molecule has 2 aliphatic rings. The number of carbonyl (C=O) groups excluding carboxylic acids is 3. The maximum atomic E-state index is 12.3. The number of hydrogen-bond donors (Lipinski definition) is 2. The van der Waals surface area contributed by atoms with E-state index in [0.717, 1.165) is 29.2 Å². The van der Waals surface area contributed by atoms with E-state index in [1.807, 2.05) is 32.9 Å². The molecule has 7 heteroatoms. The first-order valence-corrected chi connectivity index (χ1v) is 9.14. The molecule has 0 spiro atoms. The van der Waals surface area contributed by atoms with Crippen molar-refractivity contribution in [2.45, 2.75) is 39.7 Å². The van der Waals surface area contributed by atoms with Crippen LogP contribution in [0.4, 0.5) is 16.2 Å². The lowest BCUT2D eigenvalue weighted by molar-refractivity contribution is -0.131. The SMILES string of the molecule is Cc1cc(N2CCCC2)ccc1NC(=O)CN1C(=O)NC(C(C)C)C1=O. The van der Waals surface area contributed by atoms with Crippen LogP contribution in [0.2, 0.25) is 0 Å². The van der Waals surface area contributed by atoms with Crippen LogP contribution >= 0.6 is 0 Å². The van der Waals surface area contributed by atoms with Gasteiger partial charge in [-0.05, 0) is 49.4 Å². The summed E-state index contributed by atoms with van der Waals surface area (Å²) in [4.78, 5) is 39.9. The summed E-state index contributed by atoms with van der Waals surface area (Å²) >= 11 is 0. The van der Waals surface area contributed by atoms with E-state index in [9.17, 15) is 14.4 Å². The molecular weight excluding hydrogens is 332 g/mol. The van der Waals surface area contributed by atoms with Gasteiger partial charge in [-0.25, -0.2) is 4.79 Å². The Morgan fingerprint density at radius 2 is 1.96 bits per heavy atom. The Bertz CT molecular complexity index is 725. The molecule has 2 aliphatic heterocycles. The molecule has 26 heavy (non-hydrogen) atoms. The van der Waals surface area contributed by atoms with Gasteiger partial charge >= 0.3 is 6.03 Å². The van der Waals surface area contributed by atoms with Gasteiger partial charge in [-0.15, -0.1) is 0 Å². The Morgan fingerprint density at radius 1 is 1.27 bits per heavy atom. The summed E-state index contributed by atoms with van der Waals surface area (Å²) in [5, 5.41) is 5.43. The van der Waals surface area contributed by atoms with Crippen molar-refractivity contribution in [3.8, 4) is 0 Å². The summed E-state index contributed by atoms with van der Waals surface area (Å²) in [6.45, 7) is 7.51. The highest BCUT2D eigenvalue weighted by Crippen LogP contribution is 2.25. The number of urea groups is 1. The number of amides is 4. The number of imide groups is 1. The first-order chi connectivity index (χ1) is 12.4. The highest BCUT2D eigenvalue weighted by Gasteiger charge is 2.40. The van der Waals surface area contributed by atoms with Gasteiger partial charge in [0.2, 0.25) is 5.91 Å². The third-order valence-corrected chi connectivity index (χ3v) is 4.98. The first-order valence-electron chi connectivity index (χ1n) is 9.14. The average molecular weight is 358 g/mol. The zero-order valence-corrected chi connectivity index (χ0v) is 15.5. The summed E-state index contributed by atoms with van der Waals surface area (Å²) in [5.74, 6) is -0.740. The lowest BCUT2D eigenvalue weighted by Gasteiger charge is -2.20. The normalized spacial score (nSPS) is 20.1. The van der Waals surface area contributed by atoms with Crippen LogP contribution in [-0.4, -0.2) is 48.4 Å². The smallest absolute Gasteiger partial charge is 0.325 e. The molecule has 1 unspecified atom stereocenters. The largest absolute Gasteiger partial charge is 0.372 e. The molecule has 2 fully saturated rings. The van der Waals surface area contributed by atoms with Gasteiger partial charge in [-0.1, -0.05) is 13.8 Å². The molecule has 0 aromatic heterocycles. The molecule has 2 N–H and O–H groups in total. The van der Waals surface area contributed by atoms with Crippen molar-refractivity contribution in [3.05, 3.63) is 23.8 Å². The van der Waals surface area contributed by atoms with E-state index in [-0.39, 0.29) is 24.3 Å². The van der Waals surface area contributed by atoms with Crippen LogP contribution in [0, 0.1) is 12.8 Å². The van der Waals surface area contributed by atoms with Crippen LogP contribution in [0.25, 0.3) is 0 Å². The quantitative estimate of drug-likeness (QED) is 0.790. The molecule has 2 heterocycles. The van der Waals surface area contributed by atoms with E-state index < -0.39 is 12.1 Å². The van der Waals surface area contributed by atoms with Gasteiger partial charge in [0, 0.05) is 24.5 Å². The van der Waals surface area contributed by atoms with Gasteiger partial charge in [0.25, 0.3) is 5.91 Å². The zero-order valence-electron chi connectivity index (χ0n) is 15.5. The van der Waals surface area contributed by atoms with E-state index in [1.54, 1.807) is 0 Å². The second-order valence-corrected chi connectivity index (χ2v) is 7.34. The van der Waals surface area contributed by atoms with Gasteiger partial charge in [0.05, 0.1) is 0 Å². The molecular formula is C19H26N4O3. The number of aryl methyl sites for hydroxylation is 1. The number of benzene rings is 1. The topological polar surface area (TPSA) is 81.8 Å². The van der Waals surface area contributed by atoms with Gasteiger partial charge in [0.15, 0.2) is 0 Å². The van der Waals surface area contributed by atoms with Gasteiger partial charge in [-0.2, -0.15) is 0 Å². The summed E-state index contributed by atoms with van der Waals surface area (Å²) in [6.07, 6.45) is 2.42. The Kier molecular flexibility index (Phi) is 5.15. The van der Waals surface area contributed by atoms with Gasteiger partial charge < -0.3 is 15.5 Å². The summed E-state index contributed by atoms with van der Waals surface area (Å²) < 4.78 is 0. The second-order valence-electron chi connectivity index (χ2n) is 7.34. The third kappa shape index (κ3) is 3.66. The monoisotopic (exact) mass is 358 g/mol. The van der Waals surface area contributed by atoms with Gasteiger partial charge in [-0.3, -0.25) is 14.5 Å². The second kappa shape index (κ2) is 7.35. The fraction of sp³-hybridized carbons (Fsp3) is 0.526. The van der Waals surface area contributed by atoms with E-state index >= 15 is 0 Å². The molecule has 0 bridgehead atoms. The van der Waals surface area contributed by atoms with Crippen molar-refractivity contribution in [3.63, 3.8) is 0 Å². The predicted molar refractivity (Wildman–Crippen MR) is 100 cm³/mol. The molecule has 7 nitrogen and oxygen atoms in total. The van der Waals surface area contributed by atoms with Crippen LogP contribution in [0.5, 0.6) is 0 Å². The highest BCUT2D eigenvalue weighted by atomic mass is 16.2. The number of anilines is 2. The van der Waals surface area contributed by atoms with Crippen molar-refractivity contribution in [1.82, 2.24) is 10.2 Å². The molecule has 4 amide bonds. The minimum absolute atomic E-state index is 0.0140. The summed E-state index contributed by atoms with van der Waals surface area (Å²) in [6, 6.07) is 4.87. The summed E-state index contributed by atoms with van der Waals surface area (Å²) in [5.41, 5.74) is 2.82. The molecule has 3 rings (SSSR count). The Balaban J connectivity index is 1.63. The van der Waals surface area contributed by atoms with Crippen molar-refractivity contribution < 1.29 is 14.4 Å². The highest BCUT2D eigenvalue weighted by molar-refractivity contribution is 6.08. The third-order valence-electron chi connectivity index (χ3n) is 4.98. The Morgan fingerprint density at radius 3 is 2.54 bits per heavy atom. The number of hydrogen-bond acceptors (Lipinski definition) is 4. The lowest BCUT2D eigenvalue weighted by Crippen LogP contribution is -2.39. The number of nitrogens with zero attached hydrogens (tertiary/aromatic N) is 2. The molecule has 0 aliphatic carbocycles. The molecule has 1 aromatic rings. The van der Waals surface area contributed by atoms with E-state index in [1.165, 1.54) is 12.8 Å². The number of rotatable bonds is 5. The molecule has 1 aromatic carbocycles. The average Bonchev–Trinajstić information content (AvgIpc) is 3.21. The molecule has 0 radical (unpaired) electrons. The van der Waals surface area contributed by atoms with Crippen LogP contribution in [0.3, 0.4) is 0 Å². The van der Waals surface area contributed by atoms with Gasteiger partial charge in [0.1, 0.15) is 12.6 Å². The van der Waals surface area contributed by atoms with Crippen LogP contribution in [-0.2, 0) is 9.59 Å². The molecule has 2 saturated heterocycles. The van der Waals surface area contributed by atoms with E-state index in [2.05, 4.69) is 21.6 Å². The van der Waals surface area contributed by atoms with E-state index in [4.69, 9.17) is 0 Å². The molecule has 140 valence electrons. The first kappa shape index (κ1) is 18.2. The van der Waals surface area contributed by atoms with Crippen LogP contribution in [0.15, 0.2) is 18.2 Å². The van der Waals surface area contributed by atoms with Crippen molar-refractivity contribution in [1.29, 1.82) is 0 Å². The predicted octanol–water partition coefficient (Wildman–Crippen LogP) is 2.11. The Labute approximate surface area is 153 Å². The van der Waals surface area contributed by atoms with Crippen molar-refractivity contribution in [2.75, 3.05) is 29.9 Å². The van der Waals surface area contributed by atoms with Crippen molar-refractivity contribution in [2.24, 2.45) is 5.92 Å². The molecule has 1 atom stereocenters. The Hall–Kier alpha value is -2.57. The number of nitrogens with one attached hydrogen (secondary N) is 2.